The van der Waals surface area contributed by atoms with Gasteiger partial charge in [0.15, 0.2) is 0 Å². The van der Waals surface area contributed by atoms with Gasteiger partial charge in [-0.25, -0.2) is 4.98 Å². The molecule has 2 aromatic rings. The Balaban J connectivity index is 1.82. The molecule has 0 amide bonds. The molecule has 1 heterocycles. The van der Waals surface area contributed by atoms with Crippen LogP contribution in [0.4, 0.5) is 5.82 Å². The molecule has 3 heteroatoms. The van der Waals surface area contributed by atoms with Crippen LogP contribution in [0.15, 0.2) is 30.3 Å². The Bertz CT molecular complexity index is 540. The van der Waals surface area contributed by atoms with E-state index in [1.165, 1.54) is 25.7 Å². The molecular weight excluding hydrogens is 248 g/mol. The zero-order valence-corrected chi connectivity index (χ0v) is 12.3. The van der Waals surface area contributed by atoms with E-state index in [0.717, 1.165) is 29.5 Å². The minimum absolute atomic E-state index is 0.553. The Morgan fingerprint density at radius 2 is 1.90 bits per heavy atom. The number of hydrogen-bond donors (Lipinski definition) is 1. The summed E-state index contributed by atoms with van der Waals surface area (Å²) in [6.45, 7) is 3.58. The molecule has 2 N–H and O–H groups in total. The number of rotatable bonds is 8. The molecule has 0 saturated heterocycles. The lowest BCUT2D eigenvalue weighted by Gasteiger charge is -2.08. The summed E-state index contributed by atoms with van der Waals surface area (Å²) < 4.78 is 5.71. The van der Waals surface area contributed by atoms with Crippen molar-refractivity contribution in [2.24, 2.45) is 0 Å². The lowest BCUT2D eigenvalue weighted by atomic mass is 10.1. The SMILES string of the molecule is CCCCCCCOCc1cc2ccccc2nc1N. The highest BCUT2D eigenvalue weighted by molar-refractivity contribution is 5.81. The van der Waals surface area contributed by atoms with E-state index in [-0.39, 0.29) is 0 Å². The predicted molar refractivity (Wildman–Crippen MR) is 84.6 cm³/mol. The molecule has 0 fully saturated rings. The fourth-order valence-corrected chi connectivity index (χ4v) is 2.28. The average molecular weight is 272 g/mol. The van der Waals surface area contributed by atoms with Crippen LogP contribution in [0.5, 0.6) is 0 Å². The number of pyridine rings is 1. The van der Waals surface area contributed by atoms with Gasteiger partial charge >= 0.3 is 0 Å². The average Bonchev–Trinajstić information content (AvgIpc) is 2.46. The van der Waals surface area contributed by atoms with E-state index in [1.54, 1.807) is 0 Å². The number of nitrogens with two attached hydrogens (primary N) is 1. The monoisotopic (exact) mass is 272 g/mol. The van der Waals surface area contributed by atoms with E-state index in [4.69, 9.17) is 10.5 Å². The summed E-state index contributed by atoms with van der Waals surface area (Å²) in [7, 11) is 0. The highest BCUT2D eigenvalue weighted by Crippen LogP contribution is 2.19. The third-order valence-corrected chi connectivity index (χ3v) is 3.49. The van der Waals surface area contributed by atoms with Crippen molar-refractivity contribution in [1.82, 2.24) is 4.98 Å². The van der Waals surface area contributed by atoms with Crippen molar-refractivity contribution in [1.29, 1.82) is 0 Å². The van der Waals surface area contributed by atoms with Crippen LogP contribution in [0, 0.1) is 0 Å². The standard InChI is InChI=1S/C17H24N2O/c1-2-3-4-5-8-11-20-13-15-12-14-9-6-7-10-16(14)19-17(15)18/h6-7,9-10,12H,2-5,8,11,13H2,1H3,(H2,18,19). The number of aromatic nitrogens is 1. The van der Waals surface area contributed by atoms with Gasteiger partial charge in [0.05, 0.1) is 12.1 Å². The molecule has 0 saturated carbocycles. The molecule has 0 bridgehead atoms. The number of hydrogen-bond acceptors (Lipinski definition) is 3. The molecule has 108 valence electrons. The van der Waals surface area contributed by atoms with E-state index < -0.39 is 0 Å². The van der Waals surface area contributed by atoms with Gasteiger partial charge in [0.2, 0.25) is 0 Å². The molecule has 0 aliphatic rings. The molecule has 2 rings (SSSR count). The molecule has 0 radical (unpaired) electrons. The van der Waals surface area contributed by atoms with Gasteiger partial charge in [-0.15, -0.1) is 0 Å². The van der Waals surface area contributed by atoms with Crippen molar-refractivity contribution < 1.29 is 4.74 Å². The maximum absolute atomic E-state index is 5.98. The van der Waals surface area contributed by atoms with Crippen LogP contribution >= 0.6 is 0 Å². The molecular formula is C17H24N2O. The van der Waals surface area contributed by atoms with Gasteiger partial charge in [0.1, 0.15) is 5.82 Å². The first-order valence-electron chi connectivity index (χ1n) is 7.53. The van der Waals surface area contributed by atoms with Crippen LogP contribution in [0.25, 0.3) is 10.9 Å². The lowest BCUT2D eigenvalue weighted by Crippen LogP contribution is -2.02. The summed E-state index contributed by atoms with van der Waals surface area (Å²) >= 11 is 0. The molecule has 0 aliphatic carbocycles. The maximum atomic E-state index is 5.98. The van der Waals surface area contributed by atoms with Crippen LogP contribution in [0.2, 0.25) is 0 Å². The zero-order valence-electron chi connectivity index (χ0n) is 12.3. The number of benzene rings is 1. The van der Waals surface area contributed by atoms with Crippen LogP contribution in [-0.4, -0.2) is 11.6 Å². The largest absolute Gasteiger partial charge is 0.383 e. The van der Waals surface area contributed by atoms with Gasteiger partial charge in [-0.05, 0) is 18.6 Å². The Hall–Kier alpha value is -1.61. The van der Waals surface area contributed by atoms with Gasteiger partial charge < -0.3 is 10.5 Å². The summed E-state index contributed by atoms with van der Waals surface area (Å²) in [5.74, 6) is 0.578. The number of nitrogens with zero attached hydrogens (tertiary/aromatic N) is 1. The number of unbranched alkanes of at least 4 members (excludes halogenated alkanes) is 4. The summed E-state index contributed by atoms with van der Waals surface area (Å²) in [6, 6.07) is 10.1. The maximum Gasteiger partial charge on any atom is 0.129 e. The molecule has 0 unspecified atom stereocenters. The highest BCUT2D eigenvalue weighted by Gasteiger charge is 2.03. The number of ether oxygens (including phenoxy) is 1. The second kappa shape index (κ2) is 7.85. The summed E-state index contributed by atoms with van der Waals surface area (Å²) in [5.41, 5.74) is 7.90. The molecule has 1 aromatic carbocycles. The topological polar surface area (TPSA) is 48.1 Å². The van der Waals surface area contributed by atoms with Crippen molar-refractivity contribution in [2.45, 2.75) is 45.6 Å². The molecule has 0 spiro atoms. The predicted octanol–water partition coefficient (Wildman–Crippen LogP) is 4.30. The van der Waals surface area contributed by atoms with Crippen molar-refractivity contribution in [3.63, 3.8) is 0 Å². The second-order valence-electron chi connectivity index (χ2n) is 5.19. The lowest BCUT2D eigenvalue weighted by molar-refractivity contribution is 0.117. The molecule has 0 aliphatic heterocycles. The van der Waals surface area contributed by atoms with Crippen molar-refractivity contribution in [2.75, 3.05) is 12.3 Å². The van der Waals surface area contributed by atoms with Crippen LogP contribution in [0.1, 0.15) is 44.6 Å². The Labute approximate surface area is 121 Å². The number of para-hydroxylation sites is 1. The van der Waals surface area contributed by atoms with E-state index in [9.17, 15) is 0 Å². The number of anilines is 1. The smallest absolute Gasteiger partial charge is 0.129 e. The minimum atomic E-state index is 0.553. The van der Waals surface area contributed by atoms with Crippen molar-refractivity contribution >= 4 is 16.7 Å². The van der Waals surface area contributed by atoms with E-state index >= 15 is 0 Å². The number of fused-ring (bicyclic) bond motifs is 1. The quantitative estimate of drug-likeness (QED) is 0.729. The fraction of sp³-hybridized carbons (Fsp3) is 0.471. The van der Waals surface area contributed by atoms with Gasteiger partial charge in [-0.2, -0.15) is 0 Å². The third kappa shape index (κ3) is 4.20. The van der Waals surface area contributed by atoms with Crippen LogP contribution in [-0.2, 0) is 11.3 Å². The van der Waals surface area contributed by atoms with Crippen molar-refractivity contribution in [3.8, 4) is 0 Å². The Kier molecular flexibility index (Phi) is 5.81. The fourth-order valence-electron chi connectivity index (χ4n) is 2.28. The van der Waals surface area contributed by atoms with E-state index in [2.05, 4.69) is 24.0 Å². The molecule has 20 heavy (non-hydrogen) atoms. The van der Waals surface area contributed by atoms with Crippen LogP contribution < -0.4 is 5.73 Å². The minimum Gasteiger partial charge on any atom is -0.383 e. The number of nitrogen functional groups attached to an aromatic ring is 1. The Morgan fingerprint density at radius 3 is 2.75 bits per heavy atom. The second-order valence-corrected chi connectivity index (χ2v) is 5.19. The molecule has 3 nitrogen and oxygen atoms in total. The highest BCUT2D eigenvalue weighted by atomic mass is 16.5. The van der Waals surface area contributed by atoms with Gasteiger partial charge in [0.25, 0.3) is 0 Å². The van der Waals surface area contributed by atoms with Gasteiger partial charge in [-0.1, -0.05) is 50.8 Å². The van der Waals surface area contributed by atoms with E-state index in [1.807, 2.05) is 18.2 Å². The van der Waals surface area contributed by atoms with Crippen molar-refractivity contribution in [3.05, 3.63) is 35.9 Å². The summed E-state index contributed by atoms with van der Waals surface area (Å²) in [5, 5.41) is 1.11. The first-order valence-corrected chi connectivity index (χ1v) is 7.53. The zero-order chi connectivity index (χ0) is 14.2. The molecule has 1 aromatic heterocycles. The third-order valence-electron chi connectivity index (χ3n) is 3.49. The first-order chi connectivity index (χ1) is 9.81. The van der Waals surface area contributed by atoms with Gasteiger partial charge in [-0.3, -0.25) is 0 Å². The summed E-state index contributed by atoms with van der Waals surface area (Å²) in [4.78, 5) is 4.41. The Morgan fingerprint density at radius 1 is 1.10 bits per heavy atom. The molecule has 0 atom stereocenters. The van der Waals surface area contributed by atoms with Crippen LogP contribution in [0.3, 0.4) is 0 Å². The first kappa shape index (κ1) is 14.8. The van der Waals surface area contributed by atoms with E-state index in [0.29, 0.717) is 12.4 Å². The normalized spacial score (nSPS) is 11.1. The summed E-state index contributed by atoms with van der Waals surface area (Å²) in [6.07, 6.45) is 6.28. The van der Waals surface area contributed by atoms with Gasteiger partial charge in [0, 0.05) is 17.6 Å².